The minimum atomic E-state index is -4.04. The Kier molecular flexibility index (Phi) is 6.80. The highest BCUT2D eigenvalue weighted by molar-refractivity contribution is 7.89. The average molecular weight is 478 g/mol. The summed E-state index contributed by atoms with van der Waals surface area (Å²) in [6.45, 7) is 0.820. The molecular weight excluding hydrogens is 453 g/mol. The summed E-state index contributed by atoms with van der Waals surface area (Å²) in [7, 11) is -4.04. The standard InChI is InChI=1S/C22H24FN3O6S/c23-17-3-1-2-4-20(17)33(29,30)24-10-7-21(27)26-11-8-15(9-12-26)22(28)25-16-5-6-18-19(13-16)32-14-31-18/h1-6,13,15,24H,7-12,14H2,(H,25,28). The minimum absolute atomic E-state index is 0.0538. The topological polar surface area (TPSA) is 114 Å². The Morgan fingerprint density at radius 3 is 2.55 bits per heavy atom. The zero-order valence-electron chi connectivity index (χ0n) is 17.8. The molecule has 2 aromatic rings. The maximum atomic E-state index is 13.7. The lowest BCUT2D eigenvalue weighted by Gasteiger charge is -2.31. The van der Waals surface area contributed by atoms with Crippen molar-refractivity contribution in [1.82, 2.24) is 9.62 Å². The van der Waals surface area contributed by atoms with E-state index in [1.165, 1.54) is 18.2 Å². The maximum absolute atomic E-state index is 13.7. The van der Waals surface area contributed by atoms with Crippen molar-refractivity contribution in [2.75, 3.05) is 31.7 Å². The number of carbonyl (C=O) groups excluding carboxylic acids is 2. The van der Waals surface area contributed by atoms with Gasteiger partial charge < -0.3 is 19.7 Å². The molecule has 2 aromatic carbocycles. The second-order valence-corrected chi connectivity index (χ2v) is 9.53. The number of piperidine rings is 1. The second kappa shape index (κ2) is 9.75. The molecule has 0 radical (unpaired) electrons. The van der Waals surface area contributed by atoms with Gasteiger partial charge in [0.05, 0.1) is 0 Å². The van der Waals surface area contributed by atoms with Gasteiger partial charge in [-0.3, -0.25) is 9.59 Å². The summed E-state index contributed by atoms with van der Waals surface area (Å²) >= 11 is 0. The molecule has 2 aliphatic heterocycles. The van der Waals surface area contributed by atoms with Crippen LogP contribution >= 0.6 is 0 Å². The van der Waals surface area contributed by atoms with Crippen LogP contribution in [-0.2, 0) is 19.6 Å². The second-order valence-electron chi connectivity index (χ2n) is 7.79. The summed E-state index contributed by atoms with van der Waals surface area (Å²) < 4.78 is 51.0. The van der Waals surface area contributed by atoms with Crippen LogP contribution in [0, 0.1) is 11.7 Å². The first kappa shape index (κ1) is 23.0. The predicted octanol–water partition coefficient (Wildman–Crippen LogP) is 2.10. The fraction of sp³-hybridized carbons (Fsp3) is 0.364. The Balaban J connectivity index is 1.22. The molecule has 2 N–H and O–H groups in total. The third-order valence-corrected chi connectivity index (χ3v) is 7.11. The number of hydrogen-bond donors (Lipinski definition) is 2. The molecular formula is C22H24FN3O6S. The molecule has 9 nitrogen and oxygen atoms in total. The lowest BCUT2D eigenvalue weighted by Crippen LogP contribution is -2.42. The van der Waals surface area contributed by atoms with Crippen molar-refractivity contribution in [3.8, 4) is 11.5 Å². The zero-order valence-corrected chi connectivity index (χ0v) is 18.6. The summed E-state index contributed by atoms with van der Waals surface area (Å²) in [4.78, 5) is 26.2. The number of fused-ring (bicyclic) bond motifs is 1. The lowest BCUT2D eigenvalue weighted by atomic mass is 9.95. The van der Waals surface area contributed by atoms with Gasteiger partial charge in [-0.1, -0.05) is 12.1 Å². The van der Waals surface area contributed by atoms with Crippen molar-refractivity contribution < 1.29 is 31.9 Å². The number of nitrogens with zero attached hydrogens (tertiary/aromatic N) is 1. The zero-order chi connectivity index (χ0) is 23.4. The van der Waals surface area contributed by atoms with Crippen LogP contribution in [0.4, 0.5) is 10.1 Å². The van der Waals surface area contributed by atoms with Gasteiger partial charge in [0, 0.05) is 43.7 Å². The van der Waals surface area contributed by atoms with Crippen molar-refractivity contribution in [3.05, 3.63) is 48.3 Å². The summed E-state index contributed by atoms with van der Waals surface area (Å²) in [5, 5.41) is 2.87. The number of carbonyl (C=O) groups is 2. The largest absolute Gasteiger partial charge is 0.454 e. The van der Waals surface area contributed by atoms with Crippen LogP contribution in [0.2, 0.25) is 0 Å². The first-order valence-electron chi connectivity index (χ1n) is 10.6. The Morgan fingerprint density at radius 1 is 1.06 bits per heavy atom. The van der Waals surface area contributed by atoms with Gasteiger partial charge in [0.25, 0.3) is 0 Å². The number of sulfonamides is 1. The Bertz CT molecular complexity index is 1150. The van der Waals surface area contributed by atoms with Crippen LogP contribution in [-0.4, -0.2) is 51.6 Å². The van der Waals surface area contributed by atoms with Crippen molar-refractivity contribution in [2.24, 2.45) is 5.92 Å². The molecule has 0 spiro atoms. The van der Waals surface area contributed by atoms with Crippen LogP contribution in [0.25, 0.3) is 0 Å². The van der Waals surface area contributed by atoms with Crippen molar-refractivity contribution in [2.45, 2.75) is 24.2 Å². The molecule has 0 atom stereocenters. The quantitative estimate of drug-likeness (QED) is 0.631. The highest BCUT2D eigenvalue weighted by Gasteiger charge is 2.28. The molecule has 0 unspecified atom stereocenters. The van der Waals surface area contributed by atoms with Crippen molar-refractivity contribution in [3.63, 3.8) is 0 Å². The first-order valence-corrected chi connectivity index (χ1v) is 12.0. The molecule has 0 saturated carbocycles. The highest BCUT2D eigenvalue weighted by atomic mass is 32.2. The molecule has 33 heavy (non-hydrogen) atoms. The summed E-state index contributed by atoms with van der Waals surface area (Å²) in [6, 6.07) is 10.2. The Hall–Kier alpha value is -3.18. The van der Waals surface area contributed by atoms with E-state index in [4.69, 9.17) is 9.47 Å². The SMILES string of the molecule is O=C(Nc1ccc2c(c1)OCO2)C1CCN(C(=O)CCNS(=O)(=O)c2ccccc2F)CC1. The monoisotopic (exact) mass is 477 g/mol. The van der Waals surface area contributed by atoms with Crippen LogP contribution < -0.4 is 19.5 Å². The number of ether oxygens (including phenoxy) is 2. The van der Waals surface area contributed by atoms with Gasteiger partial charge in [-0.15, -0.1) is 0 Å². The third-order valence-electron chi connectivity index (χ3n) is 5.62. The van der Waals surface area contributed by atoms with Crippen LogP contribution in [0.15, 0.2) is 47.4 Å². The smallest absolute Gasteiger partial charge is 0.243 e. The van der Waals surface area contributed by atoms with E-state index in [1.54, 1.807) is 23.1 Å². The van der Waals surface area contributed by atoms with Gasteiger partial charge in [-0.2, -0.15) is 0 Å². The van der Waals surface area contributed by atoms with Gasteiger partial charge in [0.15, 0.2) is 11.5 Å². The molecule has 1 fully saturated rings. The van der Waals surface area contributed by atoms with E-state index in [1.807, 2.05) is 0 Å². The molecule has 0 bridgehead atoms. The van der Waals surface area contributed by atoms with E-state index in [9.17, 15) is 22.4 Å². The van der Waals surface area contributed by atoms with E-state index in [0.717, 1.165) is 6.07 Å². The van der Waals surface area contributed by atoms with Crippen molar-refractivity contribution in [1.29, 1.82) is 0 Å². The fourth-order valence-electron chi connectivity index (χ4n) is 3.80. The van der Waals surface area contributed by atoms with E-state index in [2.05, 4.69) is 10.0 Å². The predicted molar refractivity (Wildman–Crippen MR) is 117 cm³/mol. The number of rotatable bonds is 7. The van der Waals surface area contributed by atoms with E-state index < -0.39 is 20.7 Å². The van der Waals surface area contributed by atoms with Crippen molar-refractivity contribution >= 4 is 27.5 Å². The molecule has 11 heteroatoms. The van der Waals surface area contributed by atoms with Crippen LogP contribution in [0.1, 0.15) is 19.3 Å². The van der Waals surface area contributed by atoms with E-state index in [0.29, 0.717) is 43.1 Å². The first-order chi connectivity index (χ1) is 15.8. The summed E-state index contributed by atoms with van der Waals surface area (Å²) in [5.74, 6) is -0.217. The molecule has 2 heterocycles. The van der Waals surface area contributed by atoms with Gasteiger partial charge in [-0.25, -0.2) is 17.5 Å². The maximum Gasteiger partial charge on any atom is 0.243 e. The number of benzene rings is 2. The van der Waals surface area contributed by atoms with E-state index in [-0.39, 0.29) is 37.5 Å². The molecule has 1 saturated heterocycles. The summed E-state index contributed by atoms with van der Waals surface area (Å²) in [5.41, 5.74) is 0.616. The third kappa shape index (κ3) is 5.42. The molecule has 0 aromatic heterocycles. The number of hydrogen-bond acceptors (Lipinski definition) is 6. The molecule has 2 aliphatic rings. The number of halogens is 1. The lowest BCUT2D eigenvalue weighted by molar-refractivity contribution is -0.134. The molecule has 2 amide bonds. The minimum Gasteiger partial charge on any atom is -0.454 e. The van der Waals surface area contributed by atoms with Gasteiger partial charge in [0.1, 0.15) is 10.7 Å². The average Bonchev–Trinajstić information content (AvgIpc) is 3.27. The fourth-order valence-corrected chi connectivity index (χ4v) is 4.91. The van der Waals surface area contributed by atoms with Gasteiger partial charge in [0.2, 0.25) is 28.6 Å². The van der Waals surface area contributed by atoms with Crippen LogP contribution in [0.3, 0.4) is 0 Å². The number of amides is 2. The van der Waals surface area contributed by atoms with Gasteiger partial charge in [-0.05, 0) is 37.1 Å². The van der Waals surface area contributed by atoms with E-state index >= 15 is 0 Å². The van der Waals surface area contributed by atoms with Crippen LogP contribution in [0.5, 0.6) is 11.5 Å². The number of likely N-dealkylation sites (tertiary alicyclic amines) is 1. The number of anilines is 1. The highest BCUT2D eigenvalue weighted by Crippen LogP contribution is 2.34. The molecule has 4 rings (SSSR count). The molecule has 0 aliphatic carbocycles. The summed E-state index contributed by atoms with van der Waals surface area (Å²) in [6.07, 6.45) is 0.952. The van der Waals surface area contributed by atoms with Gasteiger partial charge >= 0.3 is 0 Å². The normalized spacial score (nSPS) is 16.0. The molecule has 176 valence electrons. The number of nitrogens with one attached hydrogen (secondary N) is 2. The Morgan fingerprint density at radius 2 is 1.79 bits per heavy atom. The Labute approximate surface area is 190 Å².